The van der Waals surface area contributed by atoms with Gasteiger partial charge in [0.05, 0.1) is 19.5 Å². The van der Waals surface area contributed by atoms with Crippen LogP contribution in [0.4, 0.5) is 0 Å². The molecule has 0 spiro atoms. The van der Waals surface area contributed by atoms with Crippen molar-refractivity contribution >= 4 is 0 Å². The second kappa shape index (κ2) is 10.5. The van der Waals surface area contributed by atoms with Crippen molar-refractivity contribution in [3.05, 3.63) is 12.3 Å². The number of allylic oxidation sites excluding steroid dienone is 1. The minimum atomic E-state index is -0.470. The van der Waals surface area contributed by atoms with Crippen molar-refractivity contribution in [3.63, 3.8) is 0 Å². The standard InChI is InChI=1S/C11H22O3/c1-2-3-4-5-6-7-8-14-11(9-12)10-13/h7-8,11-13H,2-6,9-10H2,1H3/b8-7+. The molecule has 0 aliphatic rings. The van der Waals surface area contributed by atoms with Gasteiger partial charge >= 0.3 is 0 Å². The minimum Gasteiger partial charge on any atom is -0.494 e. The van der Waals surface area contributed by atoms with Crippen LogP contribution in [0.25, 0.3) is 0 Å². The van der Waals surface area contributed by atoms with E-state index >= 15 is 0 Å². The van der Waals surface area contributed by atoms with Gasteiger partial charge in [-0.05, 0) is 18.9 Å². The van der Waals surface area contributed by atoms with Gasteiger partial charge in [-0.1, -0.05) is 26.2 Å². The summed E-state index contributed by atoms with van der Waals surface area (Å²) in [5, 5.41) is 17.4. The monoisotopic (exact) mass is 202 g/mol. The van der Waals surface area contributed by atoms with Crippen molar-refractivity contribution in [3.8, 4) is 0 Å². The molecule has 0 aromatic heterocycles. The number of hydrogen-bond acceptors (Lipinski definition) is 3. The van der Waals surface area contributed by atoms with E-state index in [1.165, 1.54) is 25.7 Å². The van der Waals surface area contributed by atoms with E-state index in [1.54, 1.807) is 6.26 Å². The third kappa shape index (κ3) is 8.08. The Labute approximate surface area is 86.4 Å². The zero-order valence-electron chi connectivity index (χ0n) is 8.98. The van der Waals surface area contributed by atoms with Crippen molar-refractivity contribution in [1.29, 1.82) is 0 Å². The maximum Gasteiger partial charge on any atom is 0.144 e. The van der Waals surface area contributed by atoms with Crippen LogP contribution in [0.1, 0.15) is 39.0 Å². The highest BCUT2D eigenvalue weighted by Gasteiger charge is 2.01. The van der Waals surface area contributed by atoms with Gasteiger partial charge in [-0.15, -0.1) is 0 Å². The van der Waals surface area contributed by atoms with Crippen LogP contribution >= 0.6 is 0 Å². The summed E-state index contributed by atoms with van der Waals surface area (Å²) in [6.45, 7) is 1.90. The maximum atomic E-state index is 8.68. The number of rotatable bonds is 9. The molecule has 14 heavy (non-hydrogen) atoms. The Hall–Kier alpha value is -0.540. The van der Waals surface area contributed by atoms with Gasteiger partial charge < -0.3 is 14.9 Å². The van der Waals surface area contributed by atoms with Crippen LogP contribution in [-0.2, 0) is 4.74 Å². The molecule has 0 aromatic carbocycles. The summed E-state index contributed by atoms with van der Waals surface area (Å²) in [5.41, 5.74) is 0. The molecule has 0 heterocycles. The predicted octanol–water partition coefficient (Wildman–Crippen LogP) is 1.84. The van der Waals surface area contributed by atoms with Gasteiger partial charge in [-0.3, -0.25) is 0 Å². The fourth-order valence-electron chi connectivity index (χ4n) is 1.07. The highest BCUT2D eigenvalue weighted by molar-refractivity contribution is 4.74. The molecule has 2 N–H and O–H groups in total. The number of aliphatic hydroxyl groups is 2. The van der Waals surface area contributed by atoms with Crippen molar-refractivity contribution in [2.24, 2.45) is 0 Å². The first-order valence-corrected chi connectivity index (χ1v) is 5.37. The van der Waals surface area contributed by atoms with Gasteiger partial charge in [-0.2, -0.15) is 0 Å². The molecule has 84 valence electrons. The van der Waals surface area contributed by atoms with Crippen molar-refractivity contribution in [2.45, 2.75) is 45.1 Å². The summed E-state index contributed by atoms with van der Waals surface area (Å²) in [7, 11) is 0. The molecule has 0 radical (unpaired) electrons. The van der Waals surface area contributed by atoms with Crippen LogP contribution in [0.15, 0.2) is 12.3 Å². The van der Waals surface area contributed by atoms with Crippen molar-refractivity contribution < 1.29 is 14.9 Å². The predicted molar refractivity (Wildman–Crippen MR) is 56.9 cm³/mol. The summed E-state index contributed by atoms with van der Waals surface area (Å²) < 4.78 is 5.07. The summed E-state index contributed by atoms with van der Waals surface area (Å²) in [6.07, 6.45) is 9.01. The van der Waals surface area contributed by atoms with Gasteiger partial charge in [0, 0.05) is 0 Å². The zero-order valence-corrected chi connectivity index (χ0v) is 8.98. The van der Waals surface area contributed by atoms with Crippen LogP contribution in [-0.4, -0.2) is 29.5 Å². The number of unbranched alkanes of at least 4 members (excludes halogenated alkanes) is 4. The molecule has 0 bridgehead atoms. The second-order valence-electron chi connectivity index (χ2n) is 3.34. The van der Waals surface area contributed by atoms with E-state index < -0.39 is 6.10 Å². The molecule has 3 heteroatoms. The average molecular weight is 202 g/mol. The summed E-state index contributed by atoms with van der Waals surface area (Å²) in [5.74, 6) is 0. The molecule has 0 aliphatic heterocycles. The zero-order chi connectivity index (χ0) is 10.6. The molecule has 0 amide bonds. The first kappa shape index (κ1) is 13.5. The first-order chi connectivity index (χ1) is 6.85. The second-order valence-corrected chi connectivity index (χ2v) is 3.34. The van der Waals surface area contributed by atoms with E-state index in [9.17, 15) is 0 Å². The molecular weight excluding hydrogens is 180 g/mol. The third-order valence-electron chi connectivity index (χ3n) is 2.00. The lowest BCUT2D eigenvalue weighted by Gasteiger charge is -2.09. The molecule has 0 aliphatic carbocycles. The van der Waals surface area contributed by atoms with Crippen LogP contribution in [0.5, 0.6) is 0 Å². The van der Waals surface area contributed by atoms with Gasteiger partial charge in [0.1, 0.15) is 6.10 Å². The number of aliphatic hydroxyl groups excluding tert-OH is 2. The highest BCUT2D eigenvalue weighted by atomic mass is 16.5. The van der Waals surface area contributed by atoms with E-state index in [1.807, 2.05) is 6.08 Å². The number of ether oxygens (including phenoxy) is 1. The Morgan fingerprint density at radius 3 is 2.43 bits per heavy atom. The fraction of sp³-hybridized carbons (Fsp3) is 0.818. The molecule has 0 aromatic rings. The molecule has 0 unspecified atom stereocenters. The molecule has 0 saturated heterocycles. The minimum absolute atomic E-state index is 0.142. The smallest absolute Gasteiger partial charge is 0.144 e. The lowest BCUT2D eigenvalue weighted by atomic mass is 10.1. The third-order valence-corrected chi connectivity index (χ3v) is 2.00. The van der Waals surface area contributed by atoms with Crippen molar-refractivity contribution in [1.82, 2.24) is 0 Å². The molecule has 0 fully saturated rings. The molecule has 3 nitrogen and oxygen atoms in total. The Bertz CT molecular complexity index is 130. The van der Waals surface area contributed by atoms with E-state index in [-0.39, 0.29) is 13.2 Å². The topological polar surface area (TPSA) is 49.7 Å². The Morgan fingerprint density at radius 2 is 1.86 bits per heavy atom. The van der Waals surface area contributed by atoms with E-state index in [0.717, 1.165) is 6.42 Å². The highest BCUT2D eigenvalue weighted by Crippen LogP contribution is 2.03. The SMILES string of the molecule is CCCCCC/C=C/OC(CO)CO. The van der Waals surface area contributed by atoms with Crippen LogP contribution in [0, 0.1) is 0 Å². The first-order valence-electron chi connectivity index (χ1n) is 5.37. The van der Waals surface area contributed by atoms with Gasteiger partial charge in [0.15, 0.2) is 0 Å². The maximum absolute atomic E-state index is 8.68. The number of hydrogen-bond donors (Lipinski definition) is 2. The van der Waals surface area contributed by atoms with E-state index in [2.05, 4.69) is 6.92 Å². The molecular formula is C11H22O3. The summed E-state index contributed by atoms with van der Waals surface area (Å²) >= 11 is 0. The molecule has 0 saturated carbocycles. The Kier molecular flexibility index (Phi) is 10.1. The normalized spacial score (nSPS) is 11.4. The summed E-state index contributed by atoms with van der Waals surface area (Å²) in [6, 6.07) is 0. The lowest BCUT2D eigenvalue weighted by Crippen LogP contribution is -2.19. The van der Waals surface area contributed by atoms with Gasteiger partial charge in [0.2, 0.25) is 0 Å². The lowest BCUT2D eigenvalue weighted by molar-refractivity contribution is 0.0319. The van der Waals surface area contributed by atoms with Gasteiger partial charge in [-0.25, -0.2) is 0 Å². The van der Waals surface area contributed by atoms with Crippen LogP contribution < -0.4 is 0 Å². The van der Waals surface area contributed by atoms with E-state index in [4.69, 9.17) is 14.9 Å². The van der Waals surface area contributed by atoms with Crippen LogP contribution in [0.2, 0.25) is 0 Å². The quantitative estimate of drug-likeness (QED) is 0.443. The van der Waals surface area contributed by atoms with Gasteiger partial charge in [0.25, 0.3) is 0 Å². The Morgan fingerprint density at radius 1 is 1.14 bits per heavy atom. The molecule has 0 atom stereocenters. The Balaban J connectivity index is 3.25. The molecule has 0 rings (SSSR count). The largest absolute Gasteiger partial charge is 0.494 e. The van der Waals surface area contributed by atoms with Crippen molar-refractivity contribution in [2.75, 3.05) is 13.2 Å². The van der Waals surface area contributed by atoms with Crippen LogP contribution in [0.3, 0.4) is 0 Å². The average Bonchev–Trinajstić information content (AvgIpc) is 2.22. The fourth-order valence-corrected chi connectivity index (χ4v) is 1.07. The summed E-state index contributed by atoms with van der Waals surface area (Å²) in [4.78, 5) is 0. The van der Waals surface area contributed by atoms with E-state index in [0.29, 0.717) is 0 Å².